The minimum Gasteiger partial charge on any atom is -0.370 e. The van der Waals surface area contributed by atoms with Gasteiger partial charge in [-0.1, -0.05) is 0 Å². The maximum Gasteiger partial charge on any atom is 0.217 e. The first-order valence-electron chi connectivity index (χ1n) is 8.25. The van der Waals surface area contributed by atoms with Crippen LogP contribution in [0.25, 0.3) is 0 Å². The molecule has 0 radical (unpaired) electrons. The number of carbonyl (C=O) groups is 1. The van der Waals surface area contributed by atoms with Gasteiger partial charge in [0.2, 0.25) is 5.91 Å². The molecule has 5 nitrogen and oxygen atoms in total. The highest BCUT2D eigenvalue weighted by molar-refractivity contribution is 5.80. The first-order chi connectivity index (χ1) is 11.5. The molecule has 1 atom stereocenters. The van der Waals surface area contributed by atoms with Crippen molar-refractivity contribution in [1.82, 2.24) is 10.2 Å². The Morgan fingerprint density at radius 3 is 2.96 bits per heavy atom. The summed E-state index contributed by atoms with van der Waals surface area (Å²) in [6.45, 7) is 4.17. The summed E-state index contributed by atoms with van der Waals surface area (Å²) in [6, 6.07) is 3.36. The zero-order chi connectivity index (χ0) is 17.5. The summed E-state index contributed by atoms with van der Waals surface area (Å²) in [7, 11) is 0. The summed E-state index contributed by atoms with van der Waals surface area (Å²) in [5.74, 6) is -0.403. The summed E-state index contributed by atoms with van der Waals surface area (Å²) in [5, 5.41) is 3.17. The Bertz CT molecular complexity index is 606. The first-order valence-corrected chi connectivity index (χ1v) is 8.25. The van der Waals surface area contributed by atoms with Crippen LogP contribution in [0.2, 0.25) is 0 Å². The van der Waals surface area contributed by atoms with Gasteiger partial charge in [0.25, 0.3) is 0 Å². The summed E-state index contributed by atoms with van der Waals surface area (Å²) < 4.78 is 27.0. The van der Waals surface area contributed by atoms with E-state index in [0.717, 1.165) is 37.6 Å². The molecule has 1 fully saturated rings. The number of nitrogens with one attached hydrogen (secondary N) is 1. The Morgan fingerprint density at radius 2 is 2.25 bits per heavy atom. The quantitative estimate of drug-likeness (QED) is 0.637. The molecule has 0 spiro atoms. The van der Waals surface area contributed by atoms with E-state index in [9.17, 15) is 13.6 Å². The topological polar surface area (TPSA) is 70.7 Å². The molecule has 1 aliphatic rings. The van der Waals surface area contributed by atoms with Crippen LogP contribution in [-0.4, -0.2) is 36.4 Å². The smallest absolute Gasteiger partial charge is 0.217 e. The summed E-state index contributed by atoms with van der Waals surface area (Å²) in [4.78, 5) is 17.6. The van der Waals surface area contributed by atoms with Gasteiger partial charge in [-0.25, -0.2) is 13.8 Å². The molecule has 7 heteroatoms. The molecule has 0 bridgehead atoms. The number of aliphatic imine (C=N–C) groups is 1. The summed E-state index contributed by atoms with van der Waals surface area (Å²) in [5.41, 5.74) is 5.51. The highest BCUT2D eigenvalue weighted by Crippen LogP contribution is 2.20. The molecule has 0 aliphatic carbocycles. The lowest BCUT2D eigenvalue weighted by atomic mass is 9.95. The minimum atomic E-state index is -0.480. The number of primary amides is 1. The van der Waals surface area contributed by atoms with E-state index in [1.54, 1.807) is 0 Å². The van der Waals surface area contributed by atoms with Gasteiger partial charge in [-0.2, -0.15) is 0 Å². The molecule has 1 unspecified atom stereocenters. The number of nitrogens with two attached hydrogens (primary N) is 1. The molecule has 3 N–H and O–H groups in total. The van der Waals surface area contributed by atoms with E-state index in [0.29, 0.717) is 25.5 Å². The van der Waals surface area contributed by atoms with E-state index in [1.807, 2.05) is 6.92 Å². The van der Waals surface area contributed by atoms with Gasteiger partial charge < -0.3 is 16.0 Å². The Morgan fingerprint density at radius 1 is 1.46 bits per heavy atom. The number of hydrogen-bond acceptors (Lipinski definition) is 2. The van der Waals surface area contributed by atoms with E-state index >= 15 is 0 Å². The molecular formula is C17H24F2N4O. The van der Waals surface area contributed by atoms with Crippen molar-refractivity contribution in [2.24, 2.45) is 16.6 Å². The lowest BCUT2D eigenvalue weighted by molar-refractivity contribution is -0.119. The Hall–Kier alpha value is -2.18. The second kappa shape index (κ2) is 8.61. The number of likely N-dealkylation sites (tertiary alicyclic amines) is 1. The fraction of sp³-hybridized carbons (Fsp3) is 0.529. The van der Waals surface area contributed by atoms with Gasteiger partial charge in [-0.3, -0.25) is 4.79 Å². The molecule has 1 aliphatic heterocycles. The van der Waals surface area contributed by atoms with Crippen LogP contribution in [-0.2, 0) is 11.3 Å². The predicted octanol–water partition coefficient (Wildman–Crippen LogP) is 2.02. The summed E-state index contributed by atoms with van der Waals surface area (Å²) in [6.07, 6.45) is 2.25. The number of piperidine rings is 1. The van der Waals surface area contributed by atoms with Gasteiger partial charge >= 0.3 is 0 Å². The standard InChI is InChI=1S/C17H24F2N4O/c1-2-21-17(22-10-13-9-14(18)5-6-15(13)19)23-7-3-4-12(11-23)8-16(20)24/h5-6,9,12H,2-4,7-8,10-11H2,1H3,(H2,20,24)(H,21,22). The fourth-order valence-corrected chi connectivity index (χ4v) is 2.96. The van der Waals surface area contributed by atoms with Gasteiger partial charge in [0.15, 0.2) is 5.96 Å². The van der Waals surface area contributed by atoms with Crippen molar-refractivity contribution in [3.05, 3.63) is 35.4 Å². The van der Waals surface area contributed by atoms with E-state index in [4.69, 9.17) is 5.73 Å². The Balaban J connectivity index is 2.09. The van der Waals surface area contributed by atoms with Crippen LogP contribution < -0.4 is 11.1 Å². The van der Waals surface area contributed by atoms with Crippen molar-refractivity contribution in [2.75, 3.05) is 19.6 Å². The van der Waals surface area contributed by atoms with Crippen molar-refractivity contribution >= 4 is 11.9 Å². The molecule has 2 rings (SSSR count). The third-order valence-electron chi connectivity index (χ3n) is 4.05. The average molecular weight is 338 g/mol. The van der Waals surface area contributed by atoms with Crippen LogP contribution in [0.1, 0.15) is 31.7 Å². The van der Waals surface area contributed by atoms with Crippen LogP contribution >= 0.6 is 0 Å². The van der Waals surface area contributed by atoms with Crippen LogP contribution in [0.3, 0.4) is 0 Å². The normalized spacial score (nSPS) is 18.5. The van der Waals surface area contributed by atoms with Crippen molar-refractivity contribution in [3.63, 3.8) is 0 Å². The summed E-state index contributed by atoms with van der Waals surface area (Å²) >= 11 is 0. The van der Waals surface area contributed by atoms with Crippen LogP contribution in [0.5, 0.6) is 0 Å². The number of amides is 1. The van der Waals surface area contributed by atoms with E-state index < -0.39 is 11.6 Å². The SMILES string of the molecule is CCNC(=NCc1cc(F)ccc1F)N1CCCC(CC(N)=O)C1. The molecule has 1 amide bonds. The van der Waals surface area contributed by atoms with E-state index in [-0.39, 0.29) is 23.9 Å². The van der Waals surface area contributed by atoms with E-state index in [1.165, 1.54) is 0 Å². The van der Waals surface area contributed by atoms with Gasteiger partial charge in [0.1, 0.15) is 11.6 Å². The van der Waals surface area contributed by atoms with Gasteiger partial charge in [-0.05, 0) is 43.9 Å². The predicted molar refractivity (Wildman–Crippen MR) is 89.3 cm³/mol. The third kappa shape index (κ3) is 5.18. The highest BCUT2D eigenvalue weighted by atomic mass is 19.1. The monoisotopic (exact) mass is 338 g/mol. The van der Waals surface area contributed by atoms with Crippen LogP contribution in [0.15, 0.2) is 23.2 Å². The highest BCUT2D eigenvalue weighted by Gasteiger charge is 2.23. The lowest BCUT2D eigenvalue weighted by Gasteiger charge is -2.34. The largest absolute Gasteiger partial charge is 0.370 e. The van der Waals surface area contributed by atoms with E-state index in [2.05, 4.69) is 15.2 Å². The molecule has 1 aromatic rings. The second-order valence-electron chi connectivity index (χ2n) is 6.03. The molecule has 0 saturated carbocycles. The third-order valence-corrected chi connectivity index (χ3v) is 4.05. The van der Waals surface area contributed by atoms with Gasteiger partial charge in [0.05, 0.1) is 6.54 Å². The lowest BCUT2D eigenvalue weighted by Crippen LogP contribution is -2.47. The second-order valence-corrected chi connectivity index (χ2v) is 6.03. The number of hydrogen-bond donors (Lipinski definition) is 2. The number of rotatable bonds is 5. The molecule has 132 valence electrons. The molecule has 0 aromatic heterocycles. The van der Waals surface area contributed by atoms with Crippen LogP contribution in [0, 0.1) is 17.6 Å². The number of benzene rings is 1. The zero-order valence-corrected chi connectivity index (χ0v) is 13.9. The number of guanidine groups is 1. The number of carbonyl (C=O) groups excluding carboxylic acids is 1. The van der Waals surface area contributed by atoms with Crippen molar-refractivity contribution in [1.29, 1.82) is 0 Å². The fourth-order valence-electron chi connectivity index (χ4n) is 2.96. The maximum absolute atomic E-state index is 13.7. The molecular weight excluding hydrogens is 314 g/mol. The molecule has 1 aromatic carbocycles. The average Bonchev–Trinajstić information content (AvgIpc) is 2.54. The number of nitrogens with zero attached hydrogens (tertiary/aromatic N) is 2. The Labute approximate surface area is 140 Å². The maximum atomic E-state index is 13.7. The Kier molecular flexibility index (Phi) is 6.52. The first kappa shape index (κ1) is 18.2. The zero-order valence-electron chi connectivity index (χ0n) is 13.9. The molecule has 1 heterocycles. The molecule has 24 heavy (non-hydrogen) atoms. The molecule has 1 saturated heterocycles. The minimum absolute atomic E-state index is 0.0584. The van der Waals surface area contributed by atoms with Crippen molar-refractivity contribution in [2.45, 2.75) is 32.7 Å². The van der Waals surface area contributed by atoms with Gasteiger partial charge in [-0.15, -0.1) is 0 Å². The van der Waals surface area contributed by atoms with Crippen molar-refractivity contribution in [3.8, 4) is 0 Å². The van der Waals surface area contributed by atoms with Crippen LogP contribution in [0.4, 0.5) is 8.78 Å². The number of halogens is 2. The van der Waals surface area contributed by atoms with Crippen molar-refractivity contribution < 1.29 is 13.6 Å². The van der Waals surface area contributed by atoms with Gasteiger partial charge in [0, 0.05) is 31.6 Å².